The average Bonchev–Trinajstić information content (AvgIpc) is 3.06. The number of alkyl halides is 3. The van der Waals surface area contributed by atoms with Crippen molar-refractivity contribution in [2.24, 2.45) is 0 Å². The lowest BCUT2D eigenvalue weighted by molar-refractivity contribution is -0.274. The number of fused-ring (bicyclic) bond motifs is 1. The zero-order valence-corrected chi connectivity index (χ0v) is 15.1. The Kier molecular flexibility index (Phi) is 4.57. The second kappa shape index (κ2) is 7.10. The van der Waals surface area contributed by atoms with Gasteiger partial charge in [0.2, 0.25) is 0 Å². The van der Waals surface area contributed by atoms with Crippen LogP contribution in [0, 0.1) is 0 Å². The van der Waals surface area contributed by atoms with E-state index < -0.39 is 17.2 Å². The Balaban J connectivity index is 1.51. The lowest BCUT2D eigenvalue weighted by Gasteiger charge is -2.15. The van der Waals surface area contributed by atoms with Crippen molar-refractivity contribution in [1.82, 2.24) is 10.2 Å². The summed E-state index contributed by atoms with van der Waals surface area (Å²) in [5, 5.41) is 12.9. The van der Waals surface area contributed by atoms with Crippen molar-refractivity contribution >= 4 is 33.8 Å². The third-order valence-electron chi connectivity index (χ3n) is 4.37. The molecule has 8 nitrogen and oxygen atoms in total. The molecule has 0 spiro atoms. The van der Waals surface area contributed by atoms with Crippen LogP contribution < -0.4 is 32.0 Å². The van der Waals surface area contributed by atoms with Crippen LogP contribution in [0.15, 0.2) is 52.1 Å². The fourth-order valence-corrected chi connectivity index (χ4v) is 2.98. The van der Waals surface area contributed by atoms with E-state index in [0.29, 0.717) is 22.2 Å². The Hall–Kier alpha value is -4.02. The van der Waals surface area contributed by atoms with Crippen LogP contribution in [-0.4, -0.2) is 16.6 Å². The standard InChI is InChI=1S/C19H14F3N5O3/c20-19(21,22)30-11-3-1-2-9(6-11)8-24-14-15(17(29)16(14)28)25-10-4-5-13-12(7-10)18(23)27-26-13/h1-7,24-25H,8H2,(H3,23,26,27). The summed E-state index contributed by atoms with van der Waals surface area (Å²) in [6, 6.07) is 10.4. The normalized spacial score (nSPS) is 11.7. The van der Waals surface area contributed by atoms with Crippen molar-refractivity contribution in [2.75, 3.05) is 16.4 Å². The Labute approximate surface area is 166 Å². The zero-order valence-electron chi connectivity index (χ0n) is 15.1. The summed E-state index contributed by atoms with van der Waals surface area (Å²) >= 11 is 0. The lowest BCUT2D eigenvalue weighted by atomic mass is 10.1. The predicted molar refractivity (Wildman–Crippen MR) is 106 cm³/mol. The van der Waals surface area contributed by atoms with E-state index in [1.165, 1.54) is 18.2 Å². The molecular weight excluding hydrogens is 403 g/mol. The second-order valence-corrected chi connectivity index (χ2v) is 6.45. The molecule has 0 radical (unpaired) electrons. The maximum atomic E-state index is 12.4. The van der Waals surface area contributed by atoms with E-state index in [1.807, 2.05) is 0 Å². The Morgan fingerprint density at radius 1 is 1.07 bits per heavy atom. The first-order chi connectivity index (χ1) is 14.2. The van der Waals surface area contributed by atoms with Crippen LogP contribution >= 0.6 is 0 Å². The van der Waals surface area contributed by atoms with Gasteiger partial charge in [0.1, 0.15) is 17.1 Å². The van der Waals surface area contributed by atoms with Crippen LogP contribution in [0.5, 0.6) is 5.75 Å². The molecule has 4 rings (SSSR count). The largest absolute Gasteiger partial charge is 0.573 e. The summed E-state index contributed by atoms with van der Waals surface area (Å²) < 4.78 is 40.9. The van der Waals surface area contributed by atoms with Gasteiger partial charge in [-0.3, -0.25) is 14.7 Å². The summed E-state index contributed by atoms with van der Waals surface area (Å²) in [5.74, 6) is -0.0888. The topological polar surface area (TPSA) is 122 Å². The van der Waals surface area contributed by atoms with Gasteiger partial charge in [-0.1, -0.05) is 12.1 Å². The second-order valence-electron chi connectivity index (χ2n) is 6.45. The van der Waals surface area contributed by atoms with Gasteiger partial charge in [-0.25, -0.2) is 0 Å². The zero-order chi connectivity index (χ0) is 21.5. The molecule has 3 aromatic carbocycles. The van der Waals surface area contributed by atoms with Crippen LogP contribution in [0.1, 0.15) is 5.56 Å². The molecule has 4 aromatic rings. The van der Waals surface area contributed by atoms with Gasteiger partial charge in [-0.05, 0) is 35.9 Å². The Bertz CT molecular complexity index is 1310. The third kappa shape index (κ3) is 3.77. The number of rotatable bonds is 6. The van der Waals surface area contributed by atoms with Crippen LogP contribution in [0.4, 0.5) is 36.1 Å². The highest BCUT2D eigenvalue weighted by Gasteiger charge is 2.31. The number of aromatic nitrogens is 2. The minimum absolute atomic E-state index is 0.0162. The SMILES string of the molecule is Nc1n[nH]c2ccc(Nc3c(NCc4cccc(OC(F)(F)F)c4)c(=O)c3=O)cc12. The number of H-pyrrole nitrogens is 1. The molecule has 1 aromatic heterocycles. The number of hydrogen-bond acceptors (Lipinski definition) is 7. The van der Waals surface area contributed by atoms with Crippen molar-refractivity contribution in [3.05, 3.63) is 68.5 Å². The molecule has 0 amide bonds. The first kappa shape index (κ1) is 19.3. The number of nitrogens with two attached hydrogens (primary N) is 1. The van der Waals surface area contributed by atoms with Crippen molar-refractivity contribution in [1.29, 1.82) is 0 Å². The fourth-order valence-electron chi connectivity index (χ4n) is 2.98. The number of halogens is 3. The molecule has 5 N–H and O–H groups in total. The molecule has 154 valence electrons. The number of ether oxygens (including phenoxy) is 1. The molecule has 1 heterocycles. The molecule has 0 unspecified atom stereocenters. The predicted octanol–water partition coefficient (Wildman–Crippen LogP) is 3.00. The van der Waals surface area contributed by atoms with Crippen molar-refractivity contribution in [2.45, 2.75) is 12.9 Å². The van der Waals surface area contributed by atoms with Crippen LogP contribution in [0.3, 0.4) is 0 Å². The maximum Gasteiger partial charge on any atom is 0.573 e. The molecule has 0 saturated heterocycles. The Morgan fingerprint density at radius 3 is 2.60 bits per heavy atom. The molecular formula is C19H14F3N5O3. The minimum Gasteiger partial charge on any atom is -0.406 e. The van der Waals surface area contributed by atoms with Gasteiger partial charge >= 0.3 is 6.36 Å². The molecule has 11 heteroatoms. The molecule has 0 saturated carbocycles. The molecule has 0 aliphatic carbocycles. The summed E-state index contributed by atoms with van der Waals surface area (Å²) in [5.41, 5.74) is 6.11. The van der Waals surface area contributed by atoms with E-state index in [-0.39, 0.29) is 29.5 Å². The smallest absolute Gasteiger partial charge is 0.406 e. The molecule has 0 aliphatic heterocycles. The number of nitrogens with one attached hydrogen (secondary N) is 3. The van der Waals surface area contributed by atoms with E-state index in [0.717, 1.165) is 0 Å². The van der Waals surface area contributed by atoms with Crippen molar-refractivity contribution in [3.8, 4) is 5.75 Å². The summed E-state index contributed by atoms with van der Waals surface area (Å²) in [6.45, 7) is 0.0162. The number of nitrogen functional groups attached to an aromatic ring is 1. The van der Waals surface area contributed by atoms with Crippen molar-refractivity contribution in [3.63, 3.8) is 0 Å². The highest BCUT2D eigenvalue weighted by atomic mass is 19.4. The van der Waals surface area contributed by atoms with Gasteiger partial charge < -0.3 is 21.1 Å². The van der Waals surface area contributed by atoms with Gasteiger partial charge in [-0.15, -0.1) is 13.2 Å². The molecule has 0 bridgehead atoms. The molecule has 30 heavy (non-hydrogen) atoms. The van der Waals surface area contributed by atoms with Gasteiger partial charge in [0.05, 0.1) is 5.52 Å². The van der Waals surface area contributed by atoms with E-state index in [4.69, 9.17) is 5.73 Å². The first-order valence-electron chi connectivity index (χ1n) is 8.64. The number of aromatic amines is 1. The number of anilines is 4. The van der Waals surface area contributed by atoms with Crippen LogP contribution in [-0.2, 0) is 6.54 Å². The number of hydrogen-bond donors (Lipinski definition) is 4. The van der Waals surface area contributed by atoms with Crippen molar-refractivity contribution < 1.29 is 17.9 Å². The molecule has 0 atom stereocenters. The highest BCUT2D eigenvalue weighted by Crippen LogP contribution is 2.27. The summed E-state index contributed by atoms with van der Waals surface area (Å²) in [4.78, 5) is 23.9. The summed E-state index contributed by atoms with van der Waals surface area (Å²) in [7, 11) is 0. The fraction of sp³-hybridized carbons (Fsp3) is 0.105. The lowest BCUT2D eigenvalue weighted by Crippen LogP contribution is -2.36. The number of benzene rings is 2. The van der Waals surface area contributed by atoms with E-state index in [9.17, 15) is 22.8 Å². The van der Waals surface area contributed by atoms with Gasteiger partial charge in [-0.2, -0.15) is 5.10 Å². The monoisotopic (exact) mass is 417 g/mol. The highest BCUT2D eigenvalue weighted by molar-refractivity contribution is 5.92. The van der Waals surface area contributed by atoms with Gasteiger partial charge in [0.15, 0.2) is 5.82 Å². The molecule has 0 aliphatic rings. The Morgan fingerprint density at radius 2 is 1.83 bits per heavy atom. The quantitative estimate of drug-likeness (QED) is 0.356. The number of nitrogens with zero attached hydrogens (tertiary/aromatic N) is 1. The van der Waals surface area contributed by atoms with E-state index >= 15 is 0 Å². The van der Waals surface area contributed by atoms with Crippen LogP contribution in [0.2, 0.25) is 0 Å². The van der Waals surface area contributed by atoms with Crippen LogP contribution in [0.25, 0.3) is 10.9 Å². The molecule has 0 fully saturated rings. The third-order valence-corrected chi connectivity index (χ3v) is 4.37. The minimum atomic E-state index is -4.80. The van der Waals surface area contributed by atoms with Gasteiger partial charge in [0, 0.05) is 17.6 Å². The average molecular weight is 417 g/mol. The van der Waals surface area contributed by atoms with Gasteiger partial charge in [0.25, 0.3) is 10.9 Å². The first-order valence-corrected chi connectivity index (χ1v) is 8.64. The summed E-state index contributed by atoms with van der Waals surface area (Å²) in [6.07, 6.45) is -4.80. The maximum absolute atomic E-state index is 12.4. The van der Waals surface area contributed by atoms with E-state index in [2.05, 4.69) is 25.6 Å². The van der Waals surface area contributed by atoms with E-state index in [1.54, 1.807) is 24.3 Å².